The zero-order valence-electron chi connectivity index (χ0n) is 14.9. The number of hydrogen-bond donors (Lipinski definition) is 1. The quantitative estimate of drug-likeness (QED) is 0.220. The molecule has 0 spiro atoms. The van der Waals surface area contributed by atoms with Gasteiger partial charge in [-0.1, -0.05) is 0 Å². The number of nitrogens with one attached hydrogen (secondary N) is 1. The Morgan fingerprint density at radius 3 is 2.19 bits per heavy atom. The van der Waals surface area contributed by atoms with E-state index < -0.39 is 35.0 Å². The molecule has 0 saturated carbocycles. The van der Waals surface area contributed by atoms with Crippen LogP contribution in [0.4, 0.5) is 11.4 Å². The minimum Gasteiger partial charge on any atom is -0.462 e. The van der Waals surface area contributed by atoms with Crippen molar-refractivity contribution in [2.24, 2.45) is 5.10 Å². The Labute approximate surface area is 154 Å². The molecule has 27 heavy (non-hydrogen) atoms. The molecule has 11 nitrogen and oxygen atoms in total. The Morgan fingerprint density at radius 1 is 1.11 bits per heavy atom. The molecule has 0 aliphatic carbocycles. The van der Waals surface area contributed by atoms with E-state index in [1.54, 1.807) is 0 Å². The monoisotopic (exact) mass is 381 g/mol. The van der Waals surface area contributed by atoms with Gasteiger partial charge in [0.05, 0.1) is 16.8 Å². The van der Waals surface area contributed by atoms with Gasteiger partial charge in [0.15, 0.2) is 12.2 Å². The second-order valence-electron chi connectivity index (χ2n) is 5.22. The lowest BCUT2D eigenvalue weighted by Gasteiger charge is -2.23. The predicted molar refractivity (Wildman–Crippen MR) is 93.0 cm³/mol. The number of carbonyl (C=O) groups is 3. The van der Waals surface area contributed by atoms with Gasteiger partial charge in [0.1, 0.15) is 6.61 Å². The molecule has 0 radical (unpaired) electrons. The number of hydrazone groups is 1. The molecule has 1 aromatic rings. The number of esters is 3. The number of nitrogens with zero attached hydrogens (tertiary/aromatic N) is 2. The van der Waals surface area contributed by atoms with Crippen molar-refractivity contribution in [3.05, 3.63) is 34.4 Å². The third-order valence-electron chi connectivity index (χ3n) is 2.93. The van der Waals surface area contributed by atoms with Crippen LogP contribution in [-0.2, 0) is 28.6 Å². The highest BCUT2D eigenvalue weighted by Crippen LogP contribution is 2.15. The standard InChI is InChI=1S/C16H19N3O8/c1-10(20)25-9-16(27-12(3)22)15(26-11(2)21)8-17-18-13-4-6-14(7-5-13)19(23)24/h4-8,15-16,18H,9H2,1-3H3/b17-8+/t15-,16+/m0/s1. The number of benzene rings is 1. The van der Waals surface area contributed by atoms with Crippen LogP contribution >= 0.6 is 0 Å². The van der Waals surface area contributed by atoms with Crippen LogP contribution in [0.15, 0.2) is 29.4 Å². The van der Waals surface area contributed by atoms with E-state index in [0.717, 1.165) is 20.1 Å². The Bertz CT molecular complexity index is 717. The molecule has 0 amide bonds. The molecule has 146 valence electrons. The van der Waals surface area contributed by atoms with Crippen LogP contribution in [0.3, 0.4) is 0 Å². The number of rotatable bonds is 9. The van der Waals surface area contributed by atoms with Crippen molar-refractivity contribution < 1.29 is 33.5 Å². The summed E-state index contributed by atoms with van der Waals surface area (Å²) in [5.74, 6) is -1.93. The summed E-state index contributed by atoms with van der Waals surface area (Å²) in [6.45, 7) is 3.14. The topological polar surface area (TPSA) is 146 Å². The zero-order chi connectivity index (χ0) is 20.4. The normalized spacial score (nSPS) is 12.7. The van der Waals surface area contributed by atoms with Crippen LogP contribution in [0.5, 0.6) is 0 Å². The van der Waals surface area contributed by atoms with Crippen molar-refractivity contribution in [3.63, 3.8) is 0 Å². The molecule has 0 unspecified atom stereocenters. The van der Waals surface area contributed by atoms with Crippen molar-refractivity contribution >= 4 is 35.5 Å². The minimum atomic E-state index is -1.13. The molecule has 0 saturated heterocycles. The molecule has 0 aliphatic rings. The van der Waals surface area contributed by atoms with E-state index in [9.17, 15) is 24.5 Å². The lowest BCUT2D eigenvalue weighted by Crippen LogP contribution is -2.39. The summed E-state index contributed by atoms with van der Waals surface area (Å²) in [6.07, 6.45) is -1.08. The van der Waals surface area contributed by atoms with Crippen molar-refractivity contribution in [2.75, 3.05) is 12.0 Å². The summed E-state index contributed by atoms with van der Waals surface area (Å²) >= 11 is 0. The van der Waals surface area contributed by atoms with E-state index in [4.69, 9.17) is 14.2 Å². The number of nitro groups is 1. The SMILES string of the molecule is CC(=O)OC[C@@H](OC(C)=O)[C@H](/C=N/Nc1ccc([N+](=O)[O-])cc1)OC(C)=O. The van der Waals surface area contributed by atoms with Gasteiger partial charge in [-0.25, -0.2) is 0 Å². The maximum atomic E-state index is 11.3. The van der Waals surface area contributed by atoms with Gasteiger partial charge < -0.3 is 14.2 Å². The van der Waals surface area contributed by atoms with Crippen LogP contribution in [0.1, 0.15) is 20.8 Å². The fourth-order valence-corrected chi connectivity index (χ4v) is 1.85. The summed E-state index contributed by atoms with van der Waals surface area (Å²) in [7, 11) is 0. The van der Waals surface area contributed by atoms with Crippen LogP contribution in [-0.4, -0.2) is 47.9 Å². The van der Waals surface area contributed by atoms with Gasteiger partial charge in [0.2, 0.25) is 0 Å². The number of anilines is 1. The molecule has 0 bridgehead atoms. The van der Waals surface area contributed by atoms with Crippen LogP contribution in [0.2, 0.25) is 0 Å². The highest BCUT2D eigenvalue weighted by Gasteiger charge is 2.27. The smallest absolute Gasteiger partial charge is 0.303 e. The molecule has 1 aromatic carbocycles. The summed E-state index contributed by atoms with van der Waals surface area (Å²) in [4.78, 5) is 43.6. The Balaban J connectivity index is 2.87. The van der Waals surface area contributed by atoms with Gasteiger partial charge >= 0.3 is 17.9 Å². The van der Waals surface area contributed by atoms with Crippen LogP contribution in [0, 0.1) is 10.1 Å². The molecule has 0 heterocycles. The van der Waals surface area contributed by atoms with Gasteiger partial charge in [0, 0.05) is 32.9 Å². The summed E-state index contributed by atoms with van der Waals surface area (Å²) in [6, 6.07) is 5.42. The lowest BCUT2D eigenvalue weighted by molar-refractivity contribution is -0.384. The Kier molecular flexibility index (Phi) is 8.36. The first-order valence-corrected chi connectivity index (χ1v) is 7.70. The predicted octanol–water partition coefficient (Wildman–Crippen LogP) is 1.42. The van der Waals surface area contributed by atoms with Gasteiger partial charge in [-0.3, -0.25) is 29.9 Å². The van der Waals surface area contributed by atoms with Crippen molar-refractivity contribution in [1.29, 1.82) is 0 Å². The number of non-ortho nitro benzene ring substituents is 1. The Morgan fingerprint density at radius 2 is 1.70 bits per heavy atom. The van der Waals surface area contributed by atoms with Crippen LogP contribution < -0.4 is 5.43 Å². The zero-order valence-corrected chi connectivity index (χ0v) is 14.9. The van der Waals surface area contributed by atoms with E-state index in [1.807, 2.05) is 0 Å². The van der Waals surface area contributed by atoms with Crippen molar-refractivity contribution in [3.8, 4) is 0 Å². The third kappa shape index (κ3) is 8.43. The first kappa shape index (κ1) is 21.5. The fourth-order valence-electron chi connectivity index (χ4n) is 1.85. The molecule has 0 aliphatic heterocycles. The summed E-state index contributed by atoms with van der Waals surface area (Å²) in [5.41, 5.74) is 2.94. The van der Waals surface area contributed by atoms with Crippen LogP contribution in [0.25, 0.3) is 0 Å². The molecule has 2 atom stereocenters. The Hall–Kier alpha value is -3.50. The molecule has 0 aromatic heterocycles. The fraction of sp³-hybridized carbons (Fsp3) is 0.375. The maximum absolute atomic E-state index is 11.3. The molecule has 1 N–H and O–H groups in total. The molecule has 11 heteroatoms. The van der Waals surface area contributed by atoms with Gasteiger partial charge in [-0.2, -0.15) is 5.10 Å². The second-order valence-corrected chi connectivity index (χ2v) is 5.22. The average Bonchev–Trinajstić information content (AvgIpc) is 2.57. The number of nitro benzene ring substituents is 1. The summed E-state index contributed by atoms with van der Waals surface area (Å²) < 4.78 is 14.9. The number of carbonyl (C=O) groups excluding carboxylic acids is 3. The maximum Gasteiger partial charge on any atom is 0.303 e. The first-order chi connectivity index (χ1) is 12.7. The van der Waals surface area contributed by atoms with E-state index in [2.05, 4.69) is 10.5 Å². The second kappa shape index (κ2) is 10.5. The number of hydrogen-bond acceptors (Lipinski definition) is 10. The molecule has 0 fully saturated rings. The van der Waals surface area contributed by atoms with Crippen molar-refractivity contribution in [2.45, 2.75) is 33.0 Å². The van der Waals surface area contributed by atoms with E-state index in [1.165, 1.54) is 31.2 Å². The van der Waals surface area contributed by atoms with Gasteiger partial charge in [0.25, 0.3) is 5.69 Å². The summed E-state index contributed by atoms with van der Waals surface area (Å²) in [5, 5.41) is 14.5. The van der Waals surface area contributed by atoms with E-state index >= 15 is 0 Å². The largest absolute Gasteiger partial charge is 0.462 e. The van der Waals surface area contributed by atoms with Gasteiger partial charge in [-0.05, 0) is 12.1 Å². The highest BCUT2D eigenvalue weighted by atomic mass is 16.6. The average molecular weight is 381 g/mol. The van der Waals surface area contributed by atoms with E-state index in [0.29, 0.717) is 5.69 Å². The molecule has 1 rings (SSSR count). The van der Waals surface area contributed by atoms with Crippen molar-refractivity contribution in [1.82, 2.24) is 0 Å². The number of ether oxygens (including phenoxy) is 3. The first-order valence-electron chi connectivity index (χ1n) is 7.70. The third-order valence-corrected chi connectivity index (χ3v) is 2.93. The van der Waals surface area contributed by atoms with Gasteiger partial charge in [-0.15, -0.1) is 0 Å². The molecular weight excluding hydrogens is 362 g/mol. The molecular formula is C16H19N3O8. The minimum absolute atomic E-state index is 0.0846. The van der Waals surface area contributed by atoms with E-state index in [-0.39, 0.29) is 12.3 Å². The highest BCUT2D eigenvalue weighted by molar-refractivity contribution is 5.74. The lowest BCUT2D eigenvalue weighted by atomic mass is 10.2.